The SMILES string of the molecule is CCN(CC)c1ccc(N=Nc2nc(C)ns2)c(NS(=O)(=O)C(F)(F)F)c1. The molecule has 0 saturated carbocycles. The van der Waals surface area contributed by atoms with Gasteiger partial charge in [0.15, 0.2) is 0 Å². The first-order valence-electron chi connectivity index (χ1n) is 7.77. The number of aryl methyl sites for hydroxylation is 1. The largest absolute Gasteiger partial charge is 0.516 e. The van der Waals surface area contributed by atoms with Crippen LogP contribution in [-0.2, 0) is 10.0 Å². The molecule has 0 aliphatic carbocycles. The van der Waals surface area contributed by atoms with E-state index in [-0.39, 0.29) is 16.5 Å². The fourth-order valence-electron chi connectivity index (χ4n) is 2.10. The molecule has 0 fully saturated rings. The summed E-state index contributed by atoms with van der Waals surface area (Å²) < 4.78 is 66.8. The number of halogens is 3. The van der Waals surface area contributed by atoms with E-state index < -0.39 is 15.5 Å². The van der Waals surface area contributed by atoms with Crippen LogP contribution in [0.5, 0.6) is 0 Å². The van der Waals surface area contributed by atoms with Gasteiger partial charge in [-0.3, -0.25) is 4.72 Å². The van der Waals surface area contributed by atoms with Crippen molar-refractivity contribution in [2.75, 3.05) is 22.7 Å². The van der Waals surface area contributed by atoms with Crippen molar-refractivity contribution in [2.24, 2.45) is 10.2 Å². The van der Waals surface area contributed by atoms with Gasteiger partial charge in [-0.2, -0.15) is 26.0 Å². The number of nitrogens with one attached hydrogen (secondary N) is 1. The summed E-state index contributed by atoms with van der Waals surface area (Å²) >= 11 is 0.959. The highest BCUT2D eigenvalue weighted by molar-refractivity contribution is 7.93. The van der Waals surface area contributed by atoms with E-state index in [2.05, 4.69) is 19.6 Å². The van der Waals surface area contributed by atoms with Gasteiger partial charge in [0.05, 0.1) is 5.69 Å². The Hall–Kier alpha value is -2.28. The van der Waals surface area contributed by atoms with Crippen molar-refractivity contribution in [3.05, 3.63) is 24.0 Å². The molecule has 8 nitrogen and oxygen atoms in total. The van der Waals surface area contributed by atoms with Crippen molar-refractivity contribution >= 4 is 43.7 Å². The molecule has 1 aromatic heterocycles. The van der Waals surface area contributed by atoms with E-state index in [1.165, 1.54) is 12.1 Å². The number of hydrogen-bond donors (Lipinski definition) is 1. The minimum atomic E-state index is -5.60. The van der Waals surface area contributed by atoms with E-state index in [4.69, 9.17) is 0 Å². The second-order valence-corrected chi connectivity index (χ2v) is 7.65. The summed E-state index contributed by atoms with van der Waals surface area (Å²) in [5, 5.41) is 7.83. The number of alkyl halides is 3. The predicted molar refractivity (Wildman–Crippen MR) is 97.4 cm³/mol. The normalized spacial score (nSPS) is 12.5. The maximum absolute atomic E-state index is 12.8. The van der Waals surface area contributed by atoms with Crippen LogP contribution in [0.3, 0.4) is 0 Å². The zero-order valence-electron chi connectivity index (χ0n) is 14.6. The molecule has 148 valence electrons. The van der Waals surface area contributed by atoms with E-state index in [0.29, 0.717) is 24.6 Å². The lowest BCUT2D eigenvalue weighted by molar-refractivity contribution is -0.0429. The van der Waals surface area contributed by atoms with Crippen molar-refractivity contribution in [3.63, 3.8) is 0 Å². The third kappa shape index (κ3) is 5.13. The quantitative estimate of drug-likeness (QED) is 0.668. The molecule has 1 heterocycles. The van der Waals surface area contributed by atoms with Crippen LogP contribution >= 0.6 is 11.5 Å². The summed E-state index contributed by atoms with van der Waals surface area (Å²) in [6.45, 7) is 6.57. The molecule has 1 N–H and O–H groups in total. The second-order valence-electron chi connectivity index (χ2n) is 5.25. The lowest BCUT2D eigenvalue weighted by atomic mass is 10.2. The van der Waals surface area contributed by atoms with Gasteiger partial charge < -0.3 is 4.90 Å². The highest BCUT2D eigenvalue weighted by Gasteiger charge is 2.46. The van der Waals surface area contributed by atoms with Crippen LogP contribution in [0, 0.1) is 6.92 Å². The summed E-state index contributed by atoms with van der Waals surface area (Å²) in [5.41, 5.74) is -5.32. The Morgan fingerprint density at radius 2 is 1.89 bits per heavy atom. The maximum Gasteiger partial charge on any atom is 0.516 e. The van der Waals surface area contributed by atoms with Crippen LogP contribution in [0.2, 0.25) is 0 Å². The summed E-state index contributed by atoms with van der Waals surface area (Å²) in [7, 11) is -5.60. The molecule has 0 radical (unpaired) electrons. The molecule has 0 spiro atoms. The molecule has 27 heavy (non-hydrogen) atoms. The average Bonchev–Trinajstić information content (AvgIpc) is 2.99. The van der Waals surface area contributed by atoms with E-state index in [1.54, 1.807) is 17.7 Å². The number of rotatable bonds is 7. The summed E-state index contributed by atoms with van der Waals surface area (Å²) in [6, 6.07) is 4.30. The van der Waals surface area contributed by atoms with Gasteiger partial charge in [-0.15, -0.1) is 10.2 Å². The molecule has 0 unspecified atom stereocenters. The van der Waals surface area contributed by atoms with Crippen LogP contribution in [0.4, 0.5) is 35.4 Å². The third-order valence-corrected chi connectivity index (χ3v) is 5.21. The number of nitrogens with zero attached hydrogens (tertiary/aromatic N) is 5. The Bertz CT molecular complexity index is 923. The third-order valence-electron chi connectivity index (χ3n) is 3.42. The van der Waals surface area contributed by atoms with Crippen molar-refractivity contribution in [1.82, 2.24) is 9.36 Å². The number of aromatic nitrogens is 2. The maximum atomic E-state index is 12.8. The Labute approximate surface area is 158 Å². The summed E-state index contributed by atoms with van der Waals surface area (Å²) in [6.07, 6.45) is 0. The summed E-state index contributed by atoms with van der Waals surface area (Å²) in [4.78, 5) is 5.81. The predicted octanol–water partition coefficient (Wildman–Crippen LogP) is 4.37. The van der Waals surface area contributed by atoms with Crippen LogP contribution in [-0.4, -0.2) is 36.4 Å². The zero-order valence-corrected chi connectivity index (χ0v) is 16.3. The molecule has 0 saturated heterocycles. The number of hydrogen-bond acceptors (Lipinski definition) is 8. The number of azo groups is 1. The smallest absolute Gasteiger partial charge is 0.372 e. The van der Waals surface area contributed by atoms with Crippen LogP contribution in [0.25, 0.3) is 0 Å². The van der Waals surface area contributed by atoms with Crippen LogP contribution in [0.1, 0.15) is 19.7 Å². The van der Waals surface area contributed by atoms with E-state index in [9.17, 15) is 21.6 Å². The minimum Gasteiger partial charge on any atom is -0.372 e. The van der Waals surface area contributed by atoms with E-state index in [0.717, 1.165) is 11.5 Å². The molecule has 2 rings (SSSR count). The highest BCUT2D eigenvalue weighted by Crippen LogP contribution is 2.35. The zero-order chi connectivity index (χ0) is 20.2. The number of anilines is 2. The fraction of sp³-hybridized carbons (Fsp3) is 0.429. The Morgan fingerprint density at radius 3 is 2.41 bits per heavy atom. The monoisotopic (exact) mass is 422 g/mol. The highest BCUT2D eigenvalue weighted by atomic mass is 32.2. The van der Waals surface area contributed by atoms with Gasteiger partial charge >= 0.3 is 15.5 Å². The Kier molecular flexibility index (Phi) is 6.36. The first kappa shape index (κ1) is 21.0. The van der Waals surface area contributed by atoms with Crippen molar-refractivity contribution in [2.45, 2.75) is 26.3 Å². The molecule has 0 aliphatic rings. The van der Waals surface area contributed by atoms with E-state index >= 15 is 0 Å². The lowest BCUT2D eigenvalue weighted by Gasteiger charge is -2.22. The molecule has 2 aromatic rings. The first-order valence-corrected chi connectivity index (χ1v) is 10.0. The van der Waals surface area contributed by atoms with Crippen molar-refractivity contribution < 1.29 is 21.6 Å². The Balaban J connectivity index is 2.47. The van der Waals surface area contributed by atoms with Crippen LogP contribution in [0.15, 0.2) is 28.4 Å². The average molecular weight is 422 g/mol. The molecule has 0 aliphatic heterocycles. The lowest BCUT2D eigenvalue weighted by Crippen LogP contribution is -2.30. The van der Waals surface area contributed by atoms with Gasteiger partial charge in [-0.05, 0) is 39.0 Å². The van der Waals surface area contributed by atoms with Gasteiger partial charge in [0.1, 0.15) is 11.5 Å². The molecule has 0 atom stereocenters. The van der Waals surface area contributed by atoms with Gasteiger partial charge in [-0.1, -0.05) is 0 Å². The van der Waals surface area contributed by atoms with Gasteiger partial charge in [-0.25, -0.2) is 4.98 Å². The first-order chi connectivity index (χ1) is 12.6. The molecular formula is C14H17F3N6O2S2. The molecule has 1 aromatic carbocycles. The van der Waals surface area contributed by atoms with Gasteiger partial charge in [0.2, 0.25) is 5.13 Å². The van der Waals surface area contributed by atoms with Crippen molar-refractivity contribution in [1.29, 1.82) is 0 Å². The molecule has 0 bridgehead atoms. The topological polar surface area (TPSA) is 99.9 Å². The number of sulfonamides is 1. The molecule has 0 amide bonds. The number of benzene rings is 1. The van der Waals surface area contributed by atoms with Gasteiger partial charge in [0, 0.05) is 30.3 Å². The summed E-state index contributed by atoms with van der Waals surface area (Å²) in [5.74, 6) is 0.476. The van der Waals surface area contributed by atoms with Crippen molar-refractivity contribution in [3.8, 4) is 0 Å². The minimum absolute atomic E-state index is 0.0772. The standard InChI is InChI=1S/C14H17F3N6O2S2/c1-4-23(5-2)10-6-7-11(19-20-13-18-9(3)21-26-13)12(8-10)22-27(24,25)14(15,16)17/h6-8,22H,4-5H2,1-3H3. The van der Waals surface area contributed by atoms with Crippen LogP contribution < -0.4 is 9.62 Å². The second kappa shape index (κ2) is 8.17. The molecule has 13 heteroatoms. The van der Waals surface area contributed by atoms with E-state index in [1.807, 2.05) is 18.7 Å². The molecular weight excluding hydrogens is 405 g/mol. The fourth-order valence-corrected chi connectivity index (χ4v) is 3.18. The Morgan fingerprint density at radius 1 is 1.22 bits per heavy atom. The van der Waals surface area contributed by atoms with Gasteiger partial charge in [0.25, 0.3) is 0 Å².